The van der Waals surface area contributed by atoms with Gasteiger partial charge in [0.1, 0.15) is 17.4 Å². The molecule has 4 rings (SSSR count). The van der Waals surface area contributed by atoms with E-state index in [2.05, 4.69) is 9.98 Å². The molecule has 1 atom stereocenters. The van der Waals surface area contributed by atoms with E-state index in [1.165, 1.54) is 0 Å². The molecule has 0 saturated heterocycles. The molecule has 0 saturated carbocycles. The van der Waals surface area contributed by atoms with E-state index in [9.17, 15) is 9.59 Å². The van der Waals surface area contributed by atoms with Crippen molar-refractivity contribution in [2.45, 2.75) is 33.8 Å². The molecule has 2 heterocycles. The maximum Gasteiger partial charge on any atom is 0.271 e. The van der Waals surface area contributed by atoms with Gasteiger partial charge >= 0.3 is 0 Å². The molecule has 4 aromatic rings. The number of aryl methyl sites for hydroxylation is 2. The largest absolute Gasteiger partial charge is 0.483 e. The van der Waals surface area contributed by atoms with Crippen LogP contribution in [0.4, 0.5) is 5.69 Å². The lowest BCUT2D eigenvalue weighted by atomic mass is 9.99. The second-order valence-corrected chi connectivity index (χ2v) is 8.77. The summed E-state index contributed by atoms with van der Waals surface area (Å²) in [6, 6.07) is 12.5. The lowest BCUT2D eigenvalue weighted by Gasteiger charge is -2.19. The highest BCUT2D eigenvalue weighted by Crippen LogP contribution is 2.34. The number of fused-ring (bicyclic) bond motifs is 1. The fraction of sp³-hybridized carbons (Fsp3) is 0.214. The van der Waals surface area contributed by atoms with E-state index < -0.39 is 12.0 Å². The summed E-state index contributed by atoms with van der Waals surface area (Å²) in [6.45, 7) is 7.22. The molecule has 2 aromatic heterocycles. The summed E-state index contributed by atoms with van der Waals surface area (Å²) in [5, 5.41) is 0.449. The zero-order chi connectivity index (χ0) is 26.1. The summed E-state index contributed by atoms with van der Waals surface area (Å²) >= 11 is 0. The maximum atomic E-state index is 13.4. The first-order chi connectivity index (χ1) is 17.1. The first kappa shape index (κ1) is 24.7. The summed E-state index contributed by atoms with van der Waals surface area (Å²) < 4.78 is 12.5. The van der Waals surface area contributed by atoms with Gasteiger partial charge in [-0.05, 0) is 75.7 Å². The van der Waals surface area contributed by atoms with Crippen molar-refractivity contribution in [3.63, 3.8) is 0 Å². The number of hydrogen-bond acceptors (Lipinski definition) is 7. The first-order valence-electron chi connectivity index (χ1n) is 11.4. The molecule has 0 spiro atoms. The predicted molar refractivity (Wildman–Crippen MR) is 142 cm³/mol. The van der Waals surface area contributed by atoms with Crippen molar-refractivity contribution in [2.24, 2.45) is 10.7 Å². The van der Waals surface area contributed by atoms with E-state index in [0.717, 1.165) is 11.1 Å². The smallest absolute Gasteiger partial charge is 0.271 e. The monoisotopic (exact) mass is 484 g/mol. The third-order valence-corrected chi connectivity index (χ3v) is 5.98. The summed E-state index contributed by atoms with van der Waals surface area (Å²) in [7, 11) is 1.66. The molecule has 184 valence electrons. The van der Waals surface area contributed by atoms with Gasteiger partial charge in [0.15, 0.2) is 16.9 Å². The minimum Gasteiger partial charge on any atom is -0.483 e. The van der Waals surface area contributed by atoms with Crippen molar-refractivity contribution in [2.75, 3.05) is 12.8 Å². The number of aliphatic imine (C=N–C) groups is 1. The third-order valence-electron chi connectivity index (χ3n) is 5.98. The Morgan fingerprint density at radius 1 is 1.14 bits per heavy atom. The summed E-state index contributed by atoms with van der Waals surface area (Å²) in [5.74, 6) is 0.00608. The molecule has 8 nitrogen and oxygen atoms in total. The van der Waals surface area contributed by atoms with Crippen LogP contribution >= 0.6 is 0 Å². The SMILES string of the molecule is CN=Cc1cc(-c2oc3c(C(C)Oc4ccc(C)nc4C(N)=O)cc(C)cc3c(=O)c2C)ccc1N. The molecule has 0 aliphatic heterocycles. The third kappa shape index (κ3) is 4.57. The number of hydrogen-bond donors (Lipinski definition) is 2. The highest BCUT2D eigenvalue weighted by molar-refractivity contribution is 5.93. The van der Waals surface area contributed by atoms with E-state index in [4.69, 9.17) is 20.6 Å². The second-order valence-electron chi connectivity index (χ2n) is 8.77. The van der Waals surface area contributed by atoms with E-state index in [0.29, 0.717) is 44.8 Å². The van der Waals surface area contributed by atoms with Gasteiger partial charge in [-0.3, -0.25) is 14.6 Å². The van der Waals surface area contributed by atoms with E-state index in [-0.39, 0.29) is 16.9 Å². The minimum absolute atomic E-state index is 0.0452. The number of benzene rings is 2. The highest BCUT2D eigenvalue weighted by Gasteiger charge is 2.22. The number of anilines is 1. The molecule has 8 heteroatoms. The molecule has 4 N–H and O–H groups in total. The Morgan fingerprint density at radius 3 is 2.58 bits per heavy atom. The van der Waals surface area contributed by atoms with Crippen molar-refractivity contribution in [3.05, 3.63) is 86.3 Å². The van der Waals surface area contributed by atoms with Gasteiger partial charge < -0.3 is 20.6 Å². The standard InChI is InChI=1S/C28H28N4O4/c1-14-10-20(17(4)35-23-9-6-15(2)32-24(23)28(30)34)27-21(11-14)25(33)16(3)26(36-27)18-7-8-22(29)19(12-18)13-31-5/h6-13,17H,29H2,1-5H3,(H2,30,34). The first-order valence-corrected chi connectivity index (χ1v) is 11.4. The lowest BCUT2D eigenvalue weighted by Crippen LogP contribution is -2.17. The number of nitrogens with zero attached hydrogens (tertiary/aromatic N) is 2. The fourth-order valence-corrected chi connectivity index (χ4v) is 4.18. The number of primary amides is 1. The average molecular weight is 485 g/mol. The number of rotatable bonds is 6. The lowest BCUT2D eigenvalue weighted by molar-refractivity contribution is 0.0988. The second kappa shape index (κ2) is 9.65. The topological polar surface area (TPSA) is 134 Å². The van der Waals surface area contributed by atoms with E-state index >= 15 is 0 Å². The van der Waals surface area contributed by atoms with Crippen LogP contribution in [0.3, 0.4) is 0 Å². The number of nitrogens with two attached hydrogens (primary N) is 2. The molecule has 0 radical (unpaired) electrons. The van der Waals surface area contributed by atoms with Crippen LogP contribution in [0.25, 0.3) is 22.3 Å². The summed E-state index contributed by atoms with van der Waals surface area (Å²) in [6.07, 6.45) is 1.08. The number of aromatic nitrogens is 1. The summed E-state index contributed by atoms with van der Waals surface area (Å²) in [4.78, 5) is 33.7. The van der Waals surface area contributed by atoms with Crippen LogP contribution in [0.2, 0.25) is 0 Å². The Bertz CT molecular complexity index is 1590. The van der Waals surface area contributed by atoms with Gasteiger partial charge in [-0.1, -0.05) is 0 Å². The molecule has 0 aliphatic rings. The van der Waals surface area contributed by atoms with Crippen LogP contribution in [-0.4, -0.2) is 24.2 Å². The molecule has 0 bridgehead atoms. The van der Waals surface area contributed by atoms with Crippen molar-refractivity contribution < 1.29 is 13.9 Å². The number of ether oxygens (including phenoxy) is 1. The van der Waals surface area contributed by atoms with Gasteiger partial charge in [-0.15, -0.1) is 0 Å². The molecular formula is C28H28N4O4. The van der Waals surface area contributed by atoms with Crippen LogP contribution < -0.4 is 21.6 Å². The normalized spacial score (nSPS) is 12.2. The molecule has 0 fully saturated rings. The minimum atomic E-state index is -0.686. The van der Waals surface area contributed by atoms with Gasteiger partial charge in [0.2, 0.25) is 0 Å². The van der Waals surface area contributed by atoms with Crippen LogP contribution in [0, 0.1) is 20.8 Å². The number of amides is 1. The number of carbonyl (C=O) groups excluding carboxylic acids is 1. The zero-order valence-corrected chi connectivity index (χ0v) is 20.9. The predicted octanol–water partition coefficient (Wildman–Crippen LogP) is 4.65. The Kier molecular flexibility index (Phi) is 6.61. The molecular weight excluding hydrogens is 456 g/mol. The Hall–Kier alpha value is -4.46. The van der Waals surface area contributed by atoms with Crippen molar-refractivity contribution >= 4 is 28.8 Å². The molecule has 1 amide bonds. The Morgan fingerprint density at radius 2 is 1.89 bits per heavy atom. The fourth-order valence-electron chi connectivity index (χ4n) is 4.18. The van der Waals surface area contributed by atoms with Crippen LogP contribution in [0.15, 0.2) is 56.7 Å². The zero-order valence-electron chi connectivity index (χ0n) is 20.9. The maximum absolute atomic E-state index is 13.4. The van der Waals surface area contributed by atoms with Crippen LogP contribution in [0.5, 0.6) is 5.75 Å². The van der Waals surface area contributed by atoms with Crippen molar-refractivity contribution in [1.29, 1.82) is 0 Å². The number of pyridine rings is 1. The molecule has 0 aliphatic carbocycles. The molecule has 1 unspecified atom stereocenters. The van der Waals surface area contributed by atoms with Crippen LogP contribution in [0.1, 0.15) is 51.5 Å². The quantitative estimate of drug-likeness (QED) is 0.302. The molecule has 2 aromatic carbocycles. The van der Waals surface area contributed by atoms with E-state index in [1.807, 2.05) is 32.0 Å². The van der Waals surface area contributed by atoms with Gasteiger partial charge in [-0.25, -0.2) is 4.98 Å². The molecule has 36 heavy (non-hydrogen) atoms. The number of nitrogen functional groups attached to an aromatic ring is 1. The van der Waals surface area contributed by atoms with Crippen LogP contribution in [-0.2, 0) is 0 Å². The van der Waals surface area contributed by atoms with Crippen molar-refractivity contribution in [3.8, 4) is 17.1 Å². The van der Waals surface area contributed by atoms with Gasteiger partial charge in [0.05, 0.1) is 5.39 Å². The van der Waals surface area contributed by atoms with E-state index in [1.54, 1.807) is 51.4 Å². The Balaban J connectivity index is 1.90. The van der Waals surface area contributed by atoms with Gasteiger partial charge in [-0.2, -0.15) is 0 Å². The van der Waals surface area contributed by atoms with Crippen molar-refractivity contribution in [1.82, 2.24) is 4.98 Å². The van der Waals surface area contributed by atoms with Gasteiger partial charge in [0, 0.05) is 46.9 Å². The summed E-state index contributed by atoms with van der Waals surface area (Å²) in [5.41, 5.74) is 16.6. The average Bonchev–Trinajstić information content (AvgIpc) is 2.83. The highest BCUT2D eigenvalue weighted by atomic mass is 16.5. The Labute approximate surface area is 208 Å². The number of carbonyl (C=O) groups is 1. The van der Waals surface area contributed by atoms with Gasteiger partial charge in [0.25, 0.3) is 5.91 Å².